The van der Waals surface area contributed by atoms with Gasteiger partial charge in [0.2, 0.25) is 0 Å². The molecule has 1 amide bonds. The quantitative estimate of drug-likeness (QED) is 0.288. The lowest BCUT2D eigenvalue weighted by Crippen LogP contribution is -2.39. The van der Waals surface area contributed by atoms with Gasteiger partial charge in [-0.15, -0.1) is 24.0 Å². The van der Waals surface area contributed by atoms with Crippen LogP contribution in [0.1, 0.15) is 36.5 Å². The number of nitrogens with zero attached hydrogens (tertiary/aromatic N) is 1. The zero-order chi connectivity index (χ0) is 20.4. The lowest BCUT2D eigenvalue weighted by atomic mass is 9.99. The summed E-state index contributed by atoms with van der Waals surface area (Å²) in [6.45, 7) is 8.52. The Bertz CT molecular complexity index is 794. The summed E-state index contributed by atoms with van der Waals surface area (Å²) in [5.41, 5.74) is 4.34. The number of carbonyl (C=O) groups is 1. The van der Waals surface area contributed by atoms with Crippen LogP contribution in [0.15, 0.2) is 53.5 Å². The van der Waals surface area contributed by atoms with Crippen molar-refractivity contribution in [3.8, 4) is 0 Å². The van der Waals surface area contributed by atoms with Crippen LogP contribution in [0.2, 0.25) is 0 Å². The van der Waals surface area contributed by atoms with Crippen LogP contribution >= 0.6 is 24.0 Å². The second-order valence-electron chi connectivity index (χ2n) is 6.70. The van der Waals surface area contributed by atoms with E-state index < -0.39 is 6.09 Å². The molecule has 6 nitrogen and oxygen atoms in total. The van der Waals surface area contributed by atoms with E-state index in [9.17, 15) is 4.79 Å². The molecule has 2 aromatic rings. The van der Waals surface area contributed by atoms with E-state index in [0.717, 1.165) is 24.6 Å². The molecule has 0 aromatic heterocycles. The predicted molar refractivity (Wildman–Crippen MR) is 130 cm³/mol. The van der Waals surface area contributed by atoms with E-state index in [-0.39, 0.29) is 24.0 Å². The van der Waals surface area contributed by atoms with Gasteiger partial charge in [-0.25, -0.2) is 9.79 Å². The molecule has 0 aliphatic rings. The molecule has 0 heterocycles. The van der Waals surface area contributed by atoms with Gasteiger partial charge in [-0.2, -0.15) is 0 Å². The number of hydrogen-bond acceptors (Lipinski definition) is 3. The minimum Gasteiger partial charge on any atom is -0.453 e. The molecule has 0 aliphatic heterocycles. The van der Waals surface area contributed by atoms with Gasteiger partial charge in [-0.1, -0.05) is 48.9 Å². The Morgan fingerprint density at radius 1 is 1.14 bits per heavy atom. The summed E-state index contributed by atoms with van der Waals surface area (Å²) in [7, 11) is 1.34. The zero-order valence-corrected chi connectivity index (χ0v) is 19.8. The van der Waals surface area contributed by atoms with E-state index in [2.05, 4.69) is 70.7 Å². The van der Waals surface area contributed by atoms with Crippen LogP contribution < -0.4 is 16.0 Å². The van der Waals surface area contributed by atoms with E-state index in [1.165, 1.54) is 18.2 Å². The van der Waals surface area contributed by atoms with Crippen LogP contribution in [-0.2, 0) is 11.3 Å². The molecule has 29 heavy (non-hydrogen) atoms. The van der Waals surface area contributed by atoms with Gasteiger partial charge >= 0.3 is 6.09 Å². The van der Waals surface area contributed by atoms with E-state index in [1.54, 1.807) is 0 Å². The van der Waals surface area contributed by atoms with Crippen molar-refractivity contribution in [2.24, 2.45) is 4.99 Å². The molecule has 3 N–H and O–H groups in total. The first kappa shape index (κ1) is 24.7. The van der Waals surface area contributed by atoms with Gasteiger partial charge in [0.1, 0.15) is 0 Å². The van der Waals surface area contributed by atoms with E-state index in [4.69, 9.17) is 0 Å². The topological polar surface area (TPSA) is 74.8 Å². The van der Waals surface area contributed by atoms with Gasteiger partial charge in [0.25, 0.3) is 0 Å². The van der Waals surface area contributed by atoms with E-state index in [0.29, 0.717) is 18.2 Å². The van der Waals surface area contributed by atoms with Gasteiger partial charge in [-0.05, 0) is 43.0 Å². The third kappa shape index (κ3) is 8.72. The number of halogens is 1. The minimum absolute atomic E-state index is 0. The second-order valence-corrected chi connectivity index (χ2v) is 6.70. The third-order valence-electron chi connectivity index (χ3n) is 4.34. The standard InChI is InChI=1S/C22H30N4O2.HI/c1-5-23-21(24-14-17(3)19-8-6-7-16(2)13-19)25-15-18-9-11-20(12-10-18)26-22(27)28-4;/h6-13,17H,5,14-15H2,1-4H3,(H,26,27)(H2,23,24,25);1H. The molecule has 1 atom stereocenters. The predicted octanol–water partition coefficient (Wildman–Crippen LogP) is 4.65. The summed E-state index contributed by atoms with van der Waals surface area (Å²) < 4.78 is 4.59. The number of rotatable bonds is 7. The molecule has 0 fully saturated rings. The van der Waals surface area contributed by atoms with Crippen LogP contribution in [0.25, 0.3) is 0 Å². The molecule has 0 saturated heterocycles. The van der Waals surface area contributed by atoms with Crippen molar-refractivity contribution in [2.45, 2.75) is 33.2 Å². The number of nitrogens with one attached hydrogen (secondary N) is 3. The number of guanidine groups is 1. The van der Waals surface area contributed by atoms with Gasteiger partial charge in [0, 0.05) is 18.8 Å². The average molecular weight is 510 g/mol. The highest BCUT2D eigenvalue weighted by molar-refractivity contribution is 14.0. The molecular formula is C22H31IN4O2. The first-order chi connectivity index (χ1) is 13.5. The fourth-order valence-corrected chi connectivity index (χ4v) is 2.72. The Kier molecular flexibility index (Phi) is 11.1. The number of ether oxygens (including phenoxy) is 1. The van der Waals surface area contributed by atoms with Crippen LogP contribution in [0, 0.1) is 6.92 Å². The molecule has 2 aromatic carbocycles. The monoisotopic (exact) mass is 510 g/mol. The smallest absolute Gasteiger partial charge is 0.411 e. The van der Waals surface area contributed by atoms with Gasteiger partial charge in [0.05, 0.1) is 13.7 Å². The first-order valence-corrected chi connectivity index (χ1v) is 9.54. The number of aryl methyl sites for hydroxylation is 1. The van der Waals surface area contributed by atoms with Crippen molar-refractivity contribution < 1.29 is 9.53 Å². The van der Waals surface area contributed by atoms with E-state index in [1.807, 2.05) is 24.3 Å². The Morgan fingerprint density at radius 3 is 2.48 bits per heavy atom. The van der Waals surface area contributed by atoms with Crippen molar-refractivity contribution in [2.75, 3.05) is 25.5 Å². The third-order valence-corrected chi connectivity index (χ3v) is 4.34. The Labute approximate surface area is 190 Å². The van der Waals surface area contributed by atoms with Gasteiger partial charge in [0.15, 0.2) is 5.96 Å². The normalized spacial score (nSPS) is 11.8. The van der Waals surface area contributed by atoms with Crippen molar-refractivity contribution in [1.82, 2.24) is 10.6 Å². The molecule has 0 radical (unpaired) electrons. The summed E-state index contributed by atoms with van der Waals surface area (Å²) in [6.07, 6.45) is -0.480. The largest absolute Gasteiger partial charge is 0.453 e. The lowest BCUT2D eigenvalue weighted by Gasteiger charge is -2.16. The fraction of sp³-hybridized carbons (Fsp3) is 0.364. The fourth-order valence-electron chi connectivity index (χ4n) is 2.72. The molecule has 0 spiro atoms. The van der Waals surface area contributed by atoms with Crippen molar-refractivity contribution >= 4 is 41.7 Å². The van der Waals surface area contributed by atoms with Crippen molar-refractivity contribution in [3.05, 3.63) is 65.2 Å². The van der Waals surface area contributed by atoms with Crippen molar-refractivity contribution in [3.63, 3.8) is 0 Å². The Hall–Kier alpha value is -2.29. The molecule has 7 heteroatoms. The maximum atomic E-state index is 11.2. The summed E-state index contributed by atoms with van der Waals surface area (Å²) in [6, 6.07) is 16.1. The molecule has 2 rings (SSSR count). The molecule has 158 valence electrons. The number of methoxy groups -OCH3 is 1. The van der Waals surface area contributed by atoms with Crippen LogP contribution in [-0.4, -0.2) is 32.3 Å². The number of benzene rings is 2. The maximum Gasteiger partial charge on any atom is 0.411 e. The molecule has 0 bridgehead atoms. The highest BCUT2D eigenvalue weighted by Gasteiger charge is 2.07. The summed E-state index contributed by atoms with van der Waals surface area (Å²) >= 11 is 0. The molecule has 1 unspecified atom stereocenters. The molecular weight excluding hydrogens is 479 g/mol. The van der Waals surface area contributed by atoms with Gasteiger partial charge in [-0.3, -0.25) is 5.32 Å². The van der Waals surface area contributed by atoms with Crippen LogP contribution in [0.3, 0.4) is 0 Å². The summed E-state index contributed by atoms with van der Waals surface area (Å²) in [5.74, 6) is 1.17. The Balaban J connectivity index is 0.00000420. The van der Waals surface area contributed by atoms with Crippen molar-refractivity contribution in [1.29, 1.82) is 0 Å². The average Bonchev–Trinajstić information content (AvgIpc) is 2.70. The number of amides is 1. The number of carbonyl (C=O) groups excluding carboxylic acids is 1. The van der Waals surface area contributed by atoms with Crippen LogP contribution in [0.4, 0.5) is 10.5 Å². The number of anilines is 1. The Morgan fingerprint density at radius 2 is 1.86 bits per heavy atom. The summed E-state index contributed by atoms with van der Waals surface area (Å²) in [5, 5.41) is 9.34. The molecule has 0 saturated carbocycles. The first-order valence-electron chi connectivity index (χ1n) is 9.54. The number of aliphatic imine (C=N–C) groups is 1. The van der Waals surface area contributed by atoms with Crippen LogP contribution in [0.5, 0.6) is 0 Å². The van der Waals surface area contributed by atoms with Gasteiger partial charge < -0.3 is 15.4 Å². The maximum absolute atomic E-state index is 11.2. The SMILES string of the molecule is CCNC(=NCc1ccc(NC(=O)OC)cc1)NCC(C)c1cccc(C)c1.I. The highest BCUT2D eigenvalue weighted by atomic mass is 127. The minimum atomic E-state index is -0.480. The highest BCUT2D eigenvalue weighted by Crippen LogP contribution is 2.15. The lowest BCUT2D eigenvalue weighted by molar-refractivity contribution is 0.187. The summed E-state index contributed by atoms with van der Waals surface area (Å²) in [4.78, 5) is 15.9. The number of hydrogen-bond donors (Lipinski definition) is 3. The second kappa shape index (κ2) is 13.0. The molecule has 0 aliphatic carbocycles. The zero-order valence-electron chi connectivity index (χ0n) is 17.5. The van der Waals surface area contributed by atoms with E-state index >= 15 is 0 Å².